The van der Waals surface area contributed by atoms with Gasteiger partial charge in [-0.2, -0.15) is 0 Å². The van der Waals surface area contributed by atoms with Crippen molar-refractivity contribution >= 4 is 13.0 Å². The van der Waals surface area contributed by atoms with E-state index < -0.39 is 19.2 Å². The fourth-order valence-electron chi connectivity index (χ4n) is 3.25. The summed E-state index contributed by atoms with van der Waals surface area (Å²) in [4.78, 5) is 12.3. The molecule has 0 saturated heterocycles. The molecule has 126 valence electrons. The molecule has 6 heteroatoms. The second-order valence-corrected chi connectivity index (χ2v) is 6.68. The summed E-state index contributed by atoms with van der Waals surface area (Å²) in [6.07, 6.45) is 2.67. The summed E-state index contributed by atoms with van der Waals surface area (Å²) in [7, 11) is -1.62. The summed E-state index contributed by atoms with van der Waals surface area (Å²) in [5.41, 5.74) is 3.20. The van der Waals surface area contributed by atoms with Crippen molar-refractivity contribution in [3.05, 3.63) is 34.9 Å². The number of aliphatic hydroxyl groups is 1. The lowest BCUT2D eigenvalue weighted by molar-refractivity contribution is -0.127. The van der Waals surface area contributed by atoms with Gasteiger partial charge in [-0.1, -0.05) is 30.2 Å². The lowest BCUT2D eigenvalue weighted by Crippen LogP contribution is -2.50. The van der Waals surface area contributed by atoms with E-state index in [1.165, 1.54) is 0 Å². The van der Waals surface area contributed by atoms with Crippen molar-refractivity contribution in [3.63, 3.8) is 0 Å². The molecule has 23 heavy (non-hydrogen) atoms. The molecule has 0 heterocycles. The van der Waals surface area contributed by atoms with Gasteiger partial charge in [0.2, 0.25) is 5.91 Å². The third-order valence-electron chi connectivity index (χ3n) is 4.64. The molecule has 3 atom stereocenters. The van der Waals surface area contributed by atoms with E-state index in [0.717, 1.165) is 36.0 Å². The first-order valence-corrected chi connectivity index (χ1v) is 8.27. The molecule has 4 N–H and O–H groups in total. The van der Waals surface area contributed by atoms with Crippen LogP contribution in [0.2, 0.25) is 0 Å². The van der Waals surface area contributed by atoms with Crippen LogP contribution in [0.25, 0.3) is 0 Å². The van der Waals surface area contributed by atoms with Gasteiger partial charge in [0.25, 0.3) is 0 Å². The Morgan fingerprint density at radius 2 is 2.09 bits per heavy atom. The molecule has 1 amide bonds. The highest BCUT2D eigenvalue weighted by Crippen LogP contribution is 2.24. The Morgan fingerprint density at radius 3 is 2.70 bits per heavy atom. The molecular weight excluding hydrogens is 293 g/mol. The van der Waals surface area contributed by atoms with Gasteiger partial charge in [-0.3, -0.25) is 4.79 Å². The number of carbonyl (C=O) groups excluding carboxylic acids is 1. The van der Waals surface area contributed by atoms with Gasteiger partial charge in [0, 0.05) is 5.92 Å². The Morgan fingerprint density at radius 1 is 1.35 bits per heavy atom. The van der Waals surface area contributed by atoms with Crippen molar-refractivity contribution in [3.8, 4) is 0 Å². The molecular formula is C17H26BNO4. The molecule has 0 spiro atoms. The highest BCUT2D eigenvalue weighted by Gasteiger charge is 2.31. The van der Waals surface area contributed by atoms with Gasteiger partial charge in [0.05, 0.1) is 12.0 Å². The number of nitrogens with one attached hydrogen (secondary N) is 1. The number of benzene rings is 1. The van der Waals surface area contributed by atoms with Crippen molar-refractivity contribution in [1.82, 2.24) is 5.32 Å². The van der Waals surface area contributed by atoms with E-state index in [-0.39, 0.29) is 11.8 Å². The summed E-state index contributed by atoms with van der Waals surface area (Å²) in [5, 5.41) is 31.7. The first-order valence-electron chi connectivity index (χ1n) is 8.27. The minimum atomic E-state index is -1.62. The fraction of sp³-hybridized carbons (Fsp3) is 0.588. The van der Waals surface area contributed by atoms with Crippen LogP contribution in [0.3, 0.4) is 0 Å². The molecule has 1 aromatic rings. The van der Waals surface area contributed by atoms with Crippen LogP contribution in [-0.2, 0) is 11.2 Å². The molecule has 1 saturated carbocycles. The zero-order valence-corrected chi connectivity index (χ0v) is 13.8. The molecule has 1 aliphatic rings. The van der Waals surface area contributed by atoms with E-state index in [1.807, 2.05) is 32.0 Å². The maximum Gasteiger partial charge on any atom is 0.475 e. The lowest BCUT2D eigenvalue weighted by atomic mass is 9.74. The summed E-state index contributed by atoms with van der Waals surface area (Å²) < 4.78 is 0. The maximum atomic E-state index is 12.3. The first-order chi connectivity index (χ1) is 10.9. The van der Waals surface area contributed by atoms with Crippen LogP contribution in [0.15, 0.2) is 18.2 Å². The molecule has 5 nitrogen and oxygen atoms in total. The van der Waals surface area contributed by atoms with Gasteiger partial charge in [-0.25, -0.2) is 0 Å². The van der Waals surface area contributed by atoms with E-state index in [4.69, 9.17) is 0 Å². The molecule has 0 radical (unpaired) electrons. The molecule has 0 aromatic heterocycles. The molecule has 0 aliphatic heterocycles. The highest BCUT2D eigenvalue weighted by molar-refractivity contribution is 6.43. The molecule has 0 unspecified atom stereocenters. The molecule has 1 aromatic carbocycles. The summed E-state index contributed by atoms with van der Waals surface area (Å²) in [6.45, 7) is 3.98. The third kappa shape index (κ3) is 5.06. The summed E-state index contributed by atoms with van der Waals surface area (Å²) in [5.74, 6) is -1.20. The van der Waals surface area contributed by atoms with Gasteiger partial charge >= 0.3 is 7.12 Å². The van der Waals surface area contributed by atoms with Gasteiger partial charge < -0.3 is 20.5 Å². The monoisotopic (exact) mass is 319 g/mol. The lowest BCUT2D eigenvalue weighted by Gasteiger charge is -2.27. The number of hydrogen-bond donors (Lipinski definition) is 4. The Labute approximate surface area is 137 Å². The minimum absolute atomic E-state index is 0.202. The molecule has 1 aliphatic carbocycles. The summed E-state index contributed by atoms with van der Waals surface area (Å²) >= 11 is 0. The predicted molar refractivity (Wildman–Crippen MR) is 89.7 cm³/mol. The SMILES string of the molecule is Cc1ccc(C[C@H](NC(=O)[C@H]2CCC[C@@H](O)C2)B(O)O)c(C)c1. The van der Waals surface area contributed by atoms with Crippen molar-refractivity contribution in [2.24, 2.45) is 5.92 Å². The van der Waals surface area contributed by atoms with Gasteiger partial charge in [-0.15, -0.1) is 0 Å². The second-order valence-electron chi connectivity index (χ2n) is 6.68. The number of amides is 1. The quantitative estimate of drug-likeness (QED) is 0.607. The van der Waals surface area contributed by atoms with Crippen molar-refractivity contribution in [2.45, 2.75) is 58.0 Å². The van der Waals surface area contributed by atoms with Crippen LogP contribution in [0.1, 0.15) is 42.4 Å². The van der Waals surface area contributed by atoms with Crippen LogP contribution in [-0.4, -0.2) is 40.2 Å². The summed E-state index contributed by atoms with van der Waals surface area (Å²) in [6, 6.07) is 5.97. The number of rotatable bonds is 5. The Hall–Kier alpha value is -1.37. The largest absolute Gasteiger partial charge is 0.475 e. The van der Waals surface area contributed by atoms with Crippen LogP contribution >= 0.6 is 0 Å². The standard InChI is InChI=1S/C17H26BNO4/c1-11-6-7-13(12(2)8-11)10-16(18(22)23)19-17(21)14-4-3-5-15(20)9-14/h6-8,14-16,20,22-23H,3-5,9-10H2,1-2H3,(H,19,21)/t14-,15+,16-/m0/s1. The van der Waals surface area contributed by atoms with E-state index in [1.54, 1.807) is 0 Å². The van der Waals surface area contributed by atoms with Crippen LogP contribution in [0.4, 0.5) is 0 Å². The topological polar surface area (TPSA) is 89.8 Å². The normalized spacial score (nSPS) is 22.5. The van der Waals surface area contributed by atoms with E-state index in [2.05, 4.69) is 5.32 Å². The average Bonchev–Trinajstić information content (AvgIpc) is 2.48. The van der Waals surface area contributed by atoms with Crippen LogP contribution in [0.5, 0.6) is 0 Å². The third-order valence-corrected chi connectivity index (χ3v) is 4.64. The van der Waals surface area contributed by atoms with Gasteiger partial charge in [0.15, 0.2) is 0 Å². The fourth-order valence-corrected chi connectivity index (χ4v) is 3.25. The van der Waals surface area contributed by atoms with Gasteiger partial charge in [0.1, 0.15) is 0 Å². The van der Waals surface area contributed by atoms with E-state index in [9.17, 15) is 19.9 Å². The Bertz CT molecular complexity index is 549. The van der Waals surface area contributed by atoms with Crippen molar-refractivity contribution < 1.29 is 19.9 Å². The zero-order chi connectivity index (χ0) is 17.0. The predicted octanol–water partition coefficient (Wildman–Crippen LogP) is 0.894. The van der Waals surface area contributed by atoms with Crippen molar-refractivity contribution in [2.75, 3.05) is 0 Å². The number of aryl methyl sites for hydroxylation is 2. The second kappa shape index (κ2) is 7.95. The number of carbonyl (C=O) groups is 1. The van der Waals surface area contributed by atoms with Gasteiger partial charge in [-0.05, 0) is 50.7 Å². The first kappa shape index (κ1) is 18.0. The molecule has 0 bridgehead atoms. The Balaban J connectivity index is 2.02. The van der Waals surface area contributed by atoms with E-state index >= 15 is 0 Å². The number of aliphatic hydroxyl groups excluding tert-OH is 1. The molecule has 2 rings (SSSR count). The zero-order valence-electron chi connectivity index (χ0n) is 13.8. The average molecular weight is 319 g/mol. The highest BCUT2D eigenvalue weighted by atomic mass is 16.4. The van der Waals surface area contributed by atoms with E-state index in [0.29, 0.717) is 12.8 Å². The number of hydrogen-bond acceptors (Lipinski definition) is 4. The smallest absolute Gasteiger partial charge is 0.426 e. The van der Waals surface area contributed by atoms with Crippen molar-refractivity contribution in [1.29, 1.82) is 0 Å². The Kier molecular flexibility index (Phi) is 6.21. The minimum Gasteiger partial charge on any atom is -0.426 e. The van der Waals surface area contributed by atoms with Crippen LogP contribution < -0.4 is 5.32 Å². The molecule has 1 fully saturated rings. The maximum absolute atomic E-state index is 12.3. The van der Waals surface area contributed by atoms with Crippen LogP contribution in [0, 0.1) is 19.8 Å².